The van der Waals surface area contributed by atoms with Crippen LogP contribution in [0.25, 0.3) is 6.08 Å². The van der Waals surface area contributed by atoms with Crippen LogP contribution < -0.4 is 0 Å². The molecule has 96 valence electrons. The van der Waals surface area contributed by atoms with Gasteiger partial charge in [0, 0.05) is 5.41 Å². The third-order valence-electron chi connectivity index (χ3n) is 4.39. The summed E-state index contributed by atoms with van der Waals surface area (Å²) in [6.07, 6.45) is 5.78. The summed E-state index contributed by atoms with van der Waals surface area (Å²) in [5, 5.41) is 0. The van der Waals surface area contributed by atoms with E-state index >= 15 is 0 Å². The van der Waals surface area contributed by atoms with Crippen LogP contribution in [0.15, 0.2) is 60.7 Å². The molecule has 0 saturated carbocycles. The van der Waals surface area contributed by atoms with E-state index in [1.165, 1.54) is 16.7 Å². The van der Waals surface area contributed by atoms with Gasteiger partial charge in [-0.1, -0.05) is 80.6 Å². The summed E-state index contributed by atoms with van der Waals surface area (Å²) in [6.45, 7) is 4.66. The number of allylic oxidation sites excluding steroid dienone is 1. The SMILES string of the molecule is CC(C)C1(Cc2ccccc2)C=Cc2ccccc21. The van der Waals surface area contributed by atoms with Gasteiger partial charge in [-0.3, -0.25) is 0 Å². The maximum Gasteiger partial charge on any atom is 0.0204 e. The first-order chi connectivity index (χ1) is 9.22. The first kappa shape index (κ1) is 12.2. The van der Waals surface area contributed by atoms with E-state index in [-0.39, 0.29) is 5.41 Å². The molecule has 0 spiro atoms. The van der Waals surface area contributed by atoms with Crippen LogP contribution >= 0.6 is 0 Å². The Morgan fingerprint density at radius 3 is 2.32 bits per heavy atom. The van der Waals surface area contributed by atoms with Gasteiger partial charge in [0.2, 0.25) is 0 Å². The van der Waals surface area contributed by atoms with Crippen LogP contribution in [0.2, 0.25) is 0 Å². The Morgan fingerprint density at radius 1 is 0.895 bits per heavy atom. The van der Waals surface area contributed by atoms with Crippen LogP contribution in [0, 0.1) is 5.92 Å². The van der Waals surface area contributed by atoms with Crippen molar-refractivity contribution in [1.82, 2.24) is 0 Å². The third kappa shape index (κ3) is 2.02. The Bertz CT molecular complexity index is 592. The highest BCUT2D eigenvalue weighted by molar-refractivity contribution is 5.65. The molecular weight excluding hydrogens is 228 g/mol. The van der Waals surface area contributed by atoms with Crippen molar-refractivity contribution < 1.29 is 0 Å². The molecular formula is C19H20. The van der Waals surface area contributed by atoms with E-state index in [2.05, 4.69) is 80.6 Å². The number of hydrogen-bond acceptors (Lipinski definition) is 0. The van der Waals surface area contributed by atoms with Gasteiger partial charge in [-0.05, 0) is 29.0 Å². The van der Waals surface area contributed by atoms with Crippen LogP contribution in [0.5, 0.6) is 0 Å². The van der Waals surface area contributed by atoms with Crippen LogP contribution in [0.4, 0.5) is 0 Å². The molecule has 0 aliphatic heterocycles. The minimum Gasteiger partial charge on any atom is -0.0727 e. The Hall–Kier alpha value is -1.82. The van der Waals surface area contributed by atoms with Crippen molar-refractivity contribution in [3.8, 4) is 0 Å². The largest absolute Gasteiger partial charge is 0.0727 e. The molecule has 0 bridgehead atoms. The smallest absolute Gasteiger partial charge is 0.0204 e. The molecule has 1 atom stereocenters. The summed E-state index contributed by atoms with van der Waals surface area (Å²) in [5.74, 6) is 0.590. The zero-order valence-electron chi connectivity index (χ0n) is 11.6. The zero-order chi connectivity index (χ0) is 13.3. The lowest BCUT2D eigenvalue weighted by molar-refractivity contribution is 0.387. The molecule has 0 amide bonds. The number of benzene rings is 2. The van der Waals surface area contributed by atoms with E-state index in [0.717, 1.165) is 6.42 Å². The molecule has 0 radical (unpaired) electrons. The summed E-state index contributed by atoms with van der Waals surface area (Å²) in [7, 11) is 0. The normalized spacial score (nSPS) is 20.8. The molecule has 0 saturated heterocycles. The van der Waals surface area contributed by atoms with Crippen molar-refractivity contribution in [2.45, 2.75) is 25.7 Å². The van der Waals surface area contributed by atoms with Crippen molar-refractivity contribution in [2.75, 3.05) is 0 Å². The second-order valence-corrected chi connectivity index (χ2v) is 5.78. The third-order valence-corrected chi connectivity index (χ3v) is 4.39. The second kappa shape index (κ2) is 4.70. The average molecular weight is 248 g/mol. The predicted octanol–water partition coefficient (Wildman–Crippen LogP) is 4.85. The summed E-state index contributed by atoms with van der Waals surface area (Å²) in [5.41, 5.74) is 4.43. The fraction of sp³-hybridized carbons (Fsp3) is 0.263. The molecule has 2 aromatic rings. The monoisotopic (exact) mass is 248 g/mol. The molecule has 19 heavy (non-hydrogen) atoms. The fourth-order valence-electron chi connectivity index (χ4n) is 3.19. The molecule has 3 rings (SSSR count). The van der Waals surface area contributed by atoms with Gasteiger partial charge in [0.25, 0.3) is 0 Å². The summed E-state index contributed by atoms with van der Waals surface area (Å²) in [6, 6.07) is 19.6. The Balaban J connectivity index is 2.06. The topological polar surface area (TPSA) is 0 Å². The molecule has 0 heteroatoms. The van der Waals surface area contributed by atoms with Gasteiger partial charge in [-0.2, -0.15) is 0 Å². The fourth-order valence-corrected chi connectivity index (χ4v) is 3.19. The second-order valence-electron chi connectivity index (χ2n) is 5.78. The van der Waals surface area contributed by atoms with E-state index in [0.29, 0.717) is 5.92 Å². The van der Waals surface area contributed by atoms with Crippen LogP contribution in [-0.2, 0) is 11.8 Å². The quantitative estimate of drug-likeness (QED) is 0.728. The average Bonchev–Trinajstić information content (AvgIpc) is 2.81. The Kier molecular flexibility index (Phi) is 3.02. The van der Waals surface area contributed by atoms with E-state index in [9.17, 15) is 0 Å². The van der Waals surface area contributed by atoms with Gasteiger partial charge in [-0.15, -0.1) is 0 Å². The van der Waals surface area contributed by atoms with E-state index in [1.54, 1.807) is 0 Å². The van der Waals surface area contributed by atoms with Crippen molar-refractivity contribution >= 4 is 6.08 Å². The number of rotatable bonds is 3. The molecule has 1 unspecified atom stereocenters. The van der Waals surface area contributed by atoms with Gasteiger partial charge in [-0.25, -0.2) is 0 Å². The molecule has 1 aliphatic rings. The van der Waals surface area contributed by atoms with Crippen molar-refractivity contribution in [2.24, 2.45) is 5.92 Å². The molecule has 0 nitrogen and oxygen atoms in total. The van der Waals surface area contributed by atoms with Gasteiger partial charge >= 0.3 is 0 Å². The molecule has 2 aromatic carbocycles. The molecule has 0 heterocycles. The van der Waals surface area contributed by atoms with Gasteiger partial charge in [0.05, 0.1) is 0 Å². The van der Waals surface area contributed by atoms with Crippen LogP contribution in [-0.4, -0.2) is 0 Å². The highest BCUT2D eigenvalue weighted by atomic mass is 14.4. The van der Waals surface area contributed by atoms with Crippen molar-refractivity contribution in [3.05, 3.63) is 77.4 Å². The molecule has 0 aromatic heterocycles. The van der Waals surface area contributed by atoms with Crippen molar-refractivity contribution in [3.63, 3.8) is 0 Å². The van der Waals surface area contributed by atoms with E-state index in [1.807, 2.05) is 0 Å². The lowest BCUT2D eigenvalue weighted by Gasteiger charge is -2.34. The van der Waals surface area contributed by atoms with Crippen molar-refractivity contribution in [1.29, 1.82) is 0 Å². The predicted molar refractivity (Wildman–Crippen MR) is 82.1 cm³/mol. The number of fused-ring (bicyclic) bond motifs is 1. The maximum atomic E-state index is 2.41. The first-order valence-electron chi connectivity index (χ1n) is 7.05. The van der Waals surface area contributed by atoms with Crippen LogP contribution in [0.1, 0.15) is 30.5 Å². The lowest BCUT2D eigenvalue weighted by Crippen LogP contribution is -2.31. The summed E-state index contributed by atoms with van der Waals surface area (Å²) >= 11 is 0. The molecule has 0 fully saturated rings. The van der Waals surface area contributed by atoms with Gasteiger partial charge in [0.1, 0.15) is 0 Å². The number of hydrogen-bond donors (Lipinski definition) is 0. The van der Waals surface area contributed by atoms with E-state index in [4.69, 9.17) is 0 Å². The standard InChI is InChI=1S/C19H20/c1-15(2)19(14-16-8-4-3-5-9-16)13-12-17-10-6-7-11-18(17)19/h3-13,15H,14H2,1-2H3. The van der Waals surface area contributed by atoms with E-state index < -0.39 is 0 Å². The highest BCUT2D eigenvalue weighted by Crippen LogP contribution is 2.43. The lowest BCUT2D eigenvalue weighted by atomic mass is 9.69. The minimum atomic E-state index is 0.151. The zero-order valence-corrected chi connectivity index (χ0v) is 11.6. The van der Waals surface area contributed by atoms with Gasteiger partial charge in [0.15, 0.2) is 0 Å². The Morgan fingerprint density at radius 2 is 1.58 bits per heavy atom. The van der Waals surface area contributed by atoms with Crippen LogP contribution in [0.3, 0.4) is 0 Å². The maximum absolute atomic E-state index is 2.41. The van der Waals surface area contributed by atoms with Gasteiger partial charge < -0.3 is 0 Å². The summed E-state index contributed by atoms with van der Waals surface area (Å²) < 4.78 is 0. The highest BCUT2D eigenvalue weighted by Gasteiger charge is 2.37. The molecule has 0 N–H and O–H groups in total. The minimum absolute atomic E-state index is 0.151. The first-order valence-corrected chi connectivity index (χ1v) is 7.05. The summed E-state index contributed by atoms with van der Waals surface area (Å²) in [4.78, 5) is 0. The Labute approximate surface area is 115 Å². The molecule has 1 aliphatic carbocycles.